The molecule has 1 atom stereocenters. The summed E-state index contributed by atoms with van der Waals surface area (Å²) in [6.45, 7) is 4.68. The van der Waals surface area contributed by atoms with Gasteiger partial charge in [-0.2, -0.15) is 5.10 Å². The molecule has 3 N–H and O–H groups in total. The summed E-state index contributed by atoms with van der Waals surface area (Å²) >= 11 is 0. The Morgan fingerprint density at radius 2 is 1.78 bits per heavy atom. The lowest BCUT2D eigenvalue weighted by Gasteiger charge is -2.18. The van der Waals surface area contributed by atoms with Crippen molar-refractivity contribution >= 4 is 27.8 Å². The van der Waals surface area contributed by atoms with E-state index in [1.54, 1.807) is 49.5 Å². The summed E-state index contributed by atoms with van der Waals surface area (Å²) in [5.74, 6) is 2.14. The second-order valence-corrected chi connectivity index (χ2v) is 7.97. The number of anilines is 1. The molecule has 0 radical (unpaired) electrons. The van der Waals surface area contributed by atoms with Gasteiger partial charge in [0.2, 0.25) is 0 Å². The third-order valence-electron chi connectivity index (χ3n) is 5.90. The van der Waals surface area contributed by atoms with Crippen molar-refractivity contribution in [2.24, 2.45) is 0 Å². The summed E-state index contributed by atoms with van der Waals surface area (Å²) in [6.07, 6.45) is 5.92. The third kappa shape index (κ3) is 4.23. The van der Waals surface area contributed by atoms with Gasteiger partial charge < -0.3 is 24.8 Å². The molecule has 188 valence electrons. The van der Waals surface area contributed by atoms with Gasteiger partial charge in [-0.15, -0.1) is 0 Å². The molecule has 0 spiro atoms. The number of fused-ring (bicyclic) bond motifs is 2. The number of aromatic amines is 2. The van der Waals surface area contributed by atoms with E-state index >= 15 is 0 Å². The summed E-state index contributed by atoms with van der Waals surface area (Å²) in [6, 6.07) is 5.10. The van der Waals surface area contributed by atoms with E-state index in [-0.39, 0.29) is 19.0 Å². The molecule has 4 aromatic heterocycles. The van der Waals surface area contributed by atoms with Crippen LogP contribution in [-0.4, -0.2) is 48.9 Å². The molecule has 5 rings (SSSR count). The highest BCUT2D eigenvalue weighted by atomic mass is 16.5. The van der Waals surface area contributed by atoms with Gasteiger partial charge >= 0.3 is 0 Å². The quantitative estimate of drug-likeness (QED) is 0.293. The van der Waals surface area contributed by atoms with Gasteiger partial charge in [0.15, 0.2) is 11.5 Å². The van der Waals surface area contributed by atoms with Crippen LogP contribution in [0.15, 0.2) is 41.6 Å². The van der Waals surface area contributed by atoms with Gasteiger partial charge in [0.1, 0.15) is 22.7 Å². The molecular formula is C25H30N8O3. The van der Waals surface area contributed by atoms with Gasteiger partial charge in [0.25, 0.3) is 5.56 Å². The lowest BCUT2D eigenvalue weighted by molar-refractivity contribution is 0.356. The van der Waals surface area contributed by atoms with Crippen LogP contribution in [-0.2, 0) is 6.54 Å². The van der Waals surface area contributed by atoms with Crippen LogP contribution in [0.25, 0.3) is 33.5 Å². The van der Waals surface area contributed by atoms with Crippen LogP contribution in [0.1, 0.15) is 39.6 Å². The Balaban J connectivity index is 0.00000304. The van der Waals surface area contributed by atoms with Crippen LogP contribution >= 0.6 is 0 Å². The number of imidazole rings is 1. The lowest BCUT2D eigenvalue weighted by atomic mass is 10.1. The molecule has 0 saturated carbocycles. The summed E-state index contributed by atoms with van der Waals surface area (Å²) in [5.41, 5.74) is 3.23. The van der Waals surface area contributed by atoms with Crippen LogP contribution in [0, 0.1) is 0 Å². The minimum atomic E-state index is -0.294. The first-order valence-corrected chi connectivity index (χ1v) is 11.3. The van der Waals surface area contributed by atoms with Gasteiger partial charge in [0.05, 0.1) is 42.5 Å². The fourth-order valence-electron chi connectivity index (χ4n) is 4.11. The Morgan fingerprint density at radius 1 is 1.06 bits per heavy atom. The van der Waals surface area contributed by atoms with E-state index in [4.69, 9.17) is 19.6 Å². The van der Waals surface area contributed by atoms with Crippen molar-refractivity contribution in [2.45, 2.75) is 40.3 Å². The SMILES string of the molecule is C.CC[C@@H](Nc1c(-c2nc3cc(OC)c(OC)cc3[nH]2)c(=O)[nH]c2cn(CC)nc12)c1ncccn1. The minimum absolute atomic E-state index is 0. The fourth-order valence-corrected chi connectivity index (χ4v) is 4.11. The maximum Gasteiger partial charge on any atom is 0.261 e. The van der Waals surface area contributed by atoms with Crippen molar-refractivity contribution in [3.63, 3.8) is 0 Å². The molecule has 0 aliphatic rings. The summed E-state index contributed by atoms with van der Waals surface area (Å²) < 4.78 is 12.6. The van der Waals surface area contributed by atoms with Crippen LogP contribution in [0.3, 0.4) is 0 Å². The highest BCUT2D eigenvalue weighted by molar-refractivity contribution is 5.96. The molecule has 36 heavy (non-hydrogen) atoms. The Hall–Kier alpha value is -4.41. The Kier molecular flexibility index (Phi) is 6.91. The molecule has 1 aromatic carbocycles. The summed E-state index contributed by atoms with van der Waals surface area (Å²) in [4.78, 5) is 33.2. The van der Waals surface area contributed by atoms with E-state index in [0.29, 0.717) is 69.4 Å². The molecule has 0 unspecified atom stereocenters. The second kappa shape index (κ2) is 10.1. The van der Waals surface area contributed by atoms with E-state index in [1.165, 1.54) is 0 Å². The van der Waals surface area contributed by atoms with Gasteiger partial charge in [0, 0.05) is 37.3 Å². The normalized spacial score (nSPS) is 11.9. The lowest BCUT2D eigenvalue weighted by Crippen LogP contribution is -2.18. The van der Waals surface area contributed by atoms with E-state index in [1.807, 2.05) is 20.0 Å². The summed E-state index contributed by atoms with van der Waals surface area (Å²) in [5, 5.41) is 8.20. The van der Waals surface area contributed by atoms with Gasteiger partial charge in [-0.3, -0.25) is 9.48 Å². The Morgan fingerprint density at radius 3 is 2.44 bits per heavy atom. The highest BCUT2D eigenvalue weighted by Crippen LogP contribution is 2.36. The average Bonchev–Trinajstić information content (AvgIpc) is 3.49. The van der Waals surface area contributed by atoms with Crippen molar-refractivity contribution in [3.8, 4) is 22.9 Å². The van der Waals surface area contributed by atoms with Crippen molar-refractivity contribution in [1.82, 2.24) is 34.7 Å². The van der Waals surface area contributed by atoms with Crippen molar-refractivity contribution in [1.29, 1.82) is 0 Å². The topological polar surface area (TPSA) is 136 Å². The first-order valence-electron chi connectivity index (χ1n) is 11.3. The molecule has 4 heterocycles. The highest BCUT2D eigenvalue weighted by Gasteiger charge is 2.24. The first kappa shape index (κ1) is 24.7. The average molecular weight is 491 g/mol. The number of aromatic nitrogens is 7. The van der Waals surface area contributed by atoms with Crippen molar-refractivity contribution < 1.29 is 9.47 Å². The number of rotatable bonds is 8. The van der Waals surface area contributed by atoms with Crippen LogP contribution in [0.5, 0.6) is 11.5 Å². The van der Waals surface area contributed by atoms with Crippen LogP contribution < -0.4 is 20.3 Å². The van der Waals surface area contributed by atoms with Crippen molar-refractivity contribution in [3.05, 3.63) is 53.0 Å². The maximum atomic E-state index is 13.4. The number of pyridine rings is 1. The molecular weight excluding hydrogens is 460 g/mol. The molecule has 0 aliphatic heterocycles. The predicted octanol–water partition coefficient (Wildman–Crippen LogP) is 4.29. The third-order valence-corrected chi connectivity index (χ3v) is 5.90. The van der Waals surface area contributed by atoms with Crippen molar-refractivity contribution in [2.75, 3.05) is 19.5 Å². The van der Waals surface area contributed by atoms with E-state index < -0.39 is 0 Å². The summed E-state index contributed by atoms with van der Waals surface area (Å²) in [7, 11) is 3.14. The number of hydrogen-bond acceptors (Lipinski definition) is 8. The minimum Gasteiger partial charge on any atom is -0.493 e. The maximum absolute atomic E-state index is 13.4. The van der Waals surface area contributed by atoms with Gasteiger partial charge in [-0.1, -0.05) is 14.4 Å². The number of methoxy groups -OCH3 is 2. The number of nitrogens with one attached hydrogen (secondary N) is 3. The predicted molar refractivity (Wildman–Crippen MR) is 140 cm³/mol. The van der Waals surface area contributed by atoms with E-state index in [9.17, 15) is 4.79 Å². The Bertz CT molecular complexity index is 1510. The molecule has 5 aromatic rings. The Labute approximate surface area is 207 Å². The number of hydrogen-bond donors (Lipinski definition) is 3. The monoisotopic (exact) mass is 490 g/mol. The number of benzene rings is 1. The first-order chi connectivity index (χ1) is 17.1. The number of nitrogens with zero attached hydrogens (tertiary/aromatic N) is 5. The van der Waals surface area contributed by atoms with E-state index in [0.717, 1.165) is 0 Å². The standard InChI is InChI=1S/C24H26N8O3.CH4/c1-5-13(22-25-8-7-9-26-22)27-21-19(24(33)30-16-12-32(6-2)31-20(16)21)23-28-14-10-17(34-3)18(35-4)11-15(14)29-23;/h7-13,27H,5-6H2,1-4H3,(H,28,29)(H,30,33);1H4/t13-;/m1./s1. The largest absolute Gasteiger partial charge is 0.493 e. The van der Waals surface area contributed by atoms with Crippen LogP contribution in [0.2, 0.25) is 0 Å². The zero-order valence-corrected chi connectivity index (χ0v) is 19.9. The molecule has 0 fully saturated rings. The molecule has 11 nitrogen and oxygen atoms in total. The zero-order chi connectivity index (χ0) is 24.5. The number of H-pyrrole nitrogens is 2. The second-order valence-electron chi connectivity index (χ2n) is 7.97. The fraction of sp³-hybridized carbons (Fsp3) is 0.320. The van der Waals surface area contributed by atoms with Crippen LogP contribution in [0.4, 0.5) is 5.69 Å². The number of aryl methyl sites for hydroxylation is 1. The zero-order valence-electron chi connectivity index (χ0n) is 19.9. The molecule has 11 heteroatoms. The molecule has 0 aliphatic carbocycles. The van der Waals surface area contributed by atoms with E-state index in [2.05, 4.69) is 25.3 Å². The molecule has 0 saturated heterocycles. The molecule has 0 bridgehead atoms. The van der Waals surface area contributed by atoms with Gasteiger partial charge in [-0.25, -0.2) is 15.0 Å². The molecule has 0 amide bonds. The van der Waals surface area contributed by atoms with Gasteiger partial charge in [-0.05, 0) is 19.4 Å². The smallest absolute Gasteiger partial charge is 0.261 e. The number of ether oxygens (including phenoxy) is 2.